The number of carbonyl (C=O) groups excluding carboxylic acids is 1. The number of benzene rings is 1. The maximum atomic E-state index is 12.8. The summed E-state index contributed by atoms with van der Waals surface area (Å²) in [5.74, 6) is 0.0740. The van der Waals surface area contributed by atoms with Gasteiger partial charge in [0.1, 0.15) is 0 Å². The highest BCUT2D eigenvalue weighted by Crippen LogP contribution is 2.20. The fraction of sp³-hybridized carbons (Fsp3) is 0.600. The second kappa shape index (κ2) is 7.96. The molecule has 0 bridgehead atoms. The van der Waals surface area contributed by atoms with Crippen LogP contribution in [0.3, 0.4) is 0 Å². The van der Waals surface area contributed by atoms with Gasteiger partial charge in [0.2, 0.25) is 5.91 Å². The van der Waals surface area contributed by atoms with Crippen molar-refractivity contribution < 1.29 is 4.79 Å². The monoisotopic (exact) mass is 370 g/mol. The molecular weight excluding hydrogens is 340 g/mol. The topological polar surface area (TPSA) is 90.3 Å². The molecule has 27 heavy (non-hydrogen) atoms. The second-order valence-electron chi connectivity index (χ2n) is 7.90. The van der Waals surface area contributed by atoms with Gasteiger partial charge in [0.15, 0.2) is 0 Å². The van der Waals surface area contributed by atoms with Crippen LogP contribution in [0, 0.1) is 6.92 Å². The number of hydrogen-bond acceptors (Lipinski definition) is 5. The number of nitrogens with zero attached hydrogens (tertiary/aromatic N) is 3. The summed E-state index contributed by atoms with van der Waals surface area (Å²) < 4.78 is 0. The largest absolute Gasteiger partial charge is 0.339 e. The molecule has 0 spiro atoms. The number of piperazine rings is 1. The predicted molar refractivity (Wildman–Crippen MR) is 107 cm³/mol. The summed E-state index contributed by atoms with van der Waals surface area (Å²) in [5.41, 5.74) is 9.57. The van der Waals surface area contributed by atoms with Crippen LogP contribution in [-0.2, 0) is 11.2 Å². The molecule has 0 radical (unpaired) electrons. The highest BCUT2D eigenvalue weighted by atomic mass is 16.2. The van der Waals surface area contributed by atoms with Gasteiger partial charge >= 0.3 is 0 Å². The minimum atomic E-state index is -0.487. The Morgan fingerprint density at radius 3 is 2.74 bits per heavy atom. The molecule has 1 aromatic heterocycles. The number of fused-ring (bicyclic) bond motifs is 1. The highest BCUT2D eigenvalue weighted by Gasteiger charge is 2.29. The van der Waals surface area contributed by atoms with Crippen molar-refractivity contribution in [1.29, 1.82) is 0 Å². The predicted octanol–water partition coefficient (Wildman–Crippen LogP) is 0.637. The van der Waals surface area contributed by atoms with Gasteiger partial charge < -0.3 is 16.0 Å². The van der Waals surface area contributed by atoms with Crippen molar-refractivity contribution in [3.8, 4) is 0 Å². The maximum absolute atomic E-state index is 12.8. The number of H-pyrrole nitrogens is 1. The van der Waals surface area contributed by atoms with Crippen molar-refractivity contribution in [2.24, 2.45) is 5.73 Å². The first-order valence-corrected chi connectivity index (χ1v) is 10.0. The third-order valence-corrected chi connectivity index (χ3v) is 6.03. The molecule has 2 aromatic rings. The molecule has 2 saturated heterocycles. The Hall–Kier alpha value is -1.96. The number of aromatic nitrogens is 2. The van der Waals surface area contributed by atoms with Crippen molar-refractivity contribution in [2.75, 3.05) is 39.3 Å². The fourth-order valence-corrected chi connectivity index (χ4v) is 4.49. The van der Waals surface area contributed by atoms with E-state index in [0.29, 0.717) is 12.5 Å². The molecule has 3 heterocycles. The smallest absolute Gasteiger partial charge is 0.239 e. The lowest BCUT2D eigenvalue weighted by Crippen LogP contribution is -2.56. The van der Waals surface area contributed by atoms with E-state index in [4.69, 9.17) is 5.73 Å². The first-order chi connectivity index (χ1) is 13.1. The molecule has 2 fully saturated rings. The molecule has 4 N–H and O–H groups in total. The van der Waals surface area contributed by atoms with Crippen LogP contribution >= 0.6 is 0 Å². The zero-order chi connectivity index (χ0) is 18.8. The number of aromatic amines is 1. The van der Waals surface area contributed by atoms with Crippen molar-refractivity contribution in [1.82, 2.24) is 25.3 Å². The zero-order valence-electron chi connectivity index (χ0n) is 16.1. The van der Waals surface area contributed by atoms with E-state index in [1.54, 1.807) is 0 Å². The third kappa shape index (κ3) is 4.00. The Morgan fingerprint density at radius 1 is 1.26 bits per heavy atom. The van der Waals surface area contributed by atoms with E-state index in [1.807, 2.05) is 11.1 Å². The standard InChI is InChI=1S/C20H30N6O/c1-14-10-15(11-16-13-23-24-19(14)16)12-18(21)20(27)26-8-6-25(7-9-26)17-2-4-22-5-3-17/h10-11,13,17-18,22H,2-9,12,21H2,1H3,(H,23,24). The number of hydrogen-bond donors (Lipinski definition) is 3. The number of aryl methyl sites for hydroxylation is 1. The lowest BCUT2D eigenvalue weighted by molar-refractivity contribution is -0.134. The summed E-state index contributed by atoms with van der Waals surface area (Å²) in [6, 6.07) is 4.36. The highest BCUT2D eigenvalue weighted by molar-refractivity contribution is 5.84. The van der Waals surface area contributed by atoms with Crippen LogP contribution < -0.4 is 11.1 Å². The van der Waals surface area contributed by atoms with Gasteiger partial charge in [-0.05, 0) is 56.5 Å². The fourth-order valence-electron chi connectivity index (χ4n) is 4.49. The van der Waals surface area contributed by atoms with Crippen molar-refractivity contribution >= 4 is 16.8 Å². The normalized spacial score (nSPS) is 20.9. The Bertz CT molecular complexity index is 789. The van der Waals surface area contributed by atoms with Crippen LogP contribution in [0.15, 0.2) is 18.3 Å². The molecule has 0 saturated carbocycles. The quantitative estimate of drug-likeness (QED) is 0.735. The number of piperidine rings is 1. The van der Waals surface area contributed by atoms with E-state index in [2.05, 4.69) is 39.5 Å². The van der Waals surface area contributed by atoms with Gasteiger partial charge in [-0.25, -0.2) is 0 Å². The first kappa shape index (κ1) is 18.4. The molecular formula is C20H30N6O. The van der Waals surface area contributed by atoms with Crippen molar-refractivity contribution in [2.45, 2.75) is 38.3 Å². The van der Waals surface area contributed by atoms with E-state index in [1.165, 1.54) is 12.8 Å². The van der Waals surface area contributed by atoms with Gasteiger partial charge in [-0.15, -0.1) is 0 Å². The SMILES string of the molecule is Cc1cc(CC(N)C(=O)N2CCN(C3CCNCC3)CC2)cc2cn[nH]c12. The van der Waals surface area contributed by atoms with Gasteiger partial charge in [-0.2, -0.15) is 5.10 Å². The molecule has 1 atom stereocenters. The minimum Gasteiger partial charge on any atom is -0.339 e. The molecule has 7 nitrogen and oxygen atoms in total. The van der Waals surface area contributed by atoms with E-state index in [0.717, 1.165) is 61.3 Å². The van der Waals surface area contributed by atoms with Gasteiger partial charge in [0.25, 0.3) is 0 Å². The number of rotatable bonds is 4. The molecule has 1 amide bonds. The summed E-state index contributed by atoms with van der Waals surface area (Å²) in [6.45, 7) is 7.76. The molecule has 7 heteroatoms. The van der Waals surface area contributed by atoms with Crippen LogP contribution in [-0.4, -0.2) is 77.3 Å². The summed E-state index contributed by atoms with van der Waals surface area (Å²) in [5, 5.41) is 11.6. The van der Waals surface area contributed by atoms with Crippen LogP contribution in [0.25, 0.3) is 10.9 Å². The molecule has 4 rings (SSSR count). The van der Waals surface area contributed by atoms with Gasteiger partial charge in [-0.3, -0.25) is 14.8 Å². The average Bonchev–Trinajstić information content (AvgIpc) is 3.17. The van der Waals surface area contributed by atoms with Crippen LogP contribution in [0.2, 0.25) is 0 Å². The van der Waals surface area contributed by atoms with Crippen LogP contribution in [0.1, 0.15) is 24.0 Å². The van der Waals surface area contributed by atoms with Gasteiger partial charge in [0.05, 0.1) is 17.8 Å². The summed E-state index contributed by atoms with van der Waals surface area (Å²) in [6.07, 6.45) is 4.81. The number of carbonyl (C=O) groups is 1. The molecule has 146 valence electrons. The minimum absolute atomic E-state index is 0.0740. The molecule has 2 aliphatic heterocycles. The Kier molecular flexibility index (Phi) is 5.43. The summed E-state index contributed by atoms with van der Waals surface area (Å²) in [7, 11) is 0. The molecule has 0 aliphatic carbocycles. The number of amides is 1. The van der Waals surface area contributed by atoms with Gasteiger partial charge in [-0.1, -0.05) is 6.07 Å². The third-order valence-electron chi connectivity index (χ3n) is 6.03. The van der Waals surface area contributed by atoms with Crippen LogP contribution in [0.5, 0.6) is 0 Å². The second-order valence-corrected chi connectivity index (χ2v) is 7.90. The van der Waals surface area contributed by atoms with E-state index < -0.39 is 6.04 Å². The van der Waals surface area contributed by atoms with Crippen molar-refractivity contribution in [3.63, 3.8) is 0 Å². The lowest BCUT2D eigenvalue weighted by atomic mass is 10.0. The molecule has 1 unspecified atom stereocenters. The van der Waals surface area contributed by atoms with Gasteiger partial charge in [0, 0.05) is 37.6 Å². The Balaban J connectivity index is 1.33. The first-order valence-electron chi connectivity index (χ1n) is 10.0. The molecule has 2 aliphatic rings. The summed E-state index contributed by atoms with van der Waals surface area (Å²) in [4.78, 5) is 17.3. The zero-order valence-corrected chi connectivity index (χ0v) is 16.1. The van der Waals surface area contributed by atoms with E-state index in [9.17, 15) is 4.79 Å². The maximum Gasteiger partial charge on any atom is 0.239 e. The Labute approximate surface area is 160 Å². The lowest BCUT2D eigenvalue weighted by Gasteiger charge is -2.41. The molecule has 1 aromatic carbocycles. The number of nitrogens with two attached hydrogens (primary N) is 1. The Morgan fingerprint density at radius 2 is 2.00 bits per heavy atom. The average molecular weight is 371 g/mol. The van der Waals surface area contributed by atoms with E-state index in [-0.39, 0.29) is 5.91 Å². The number of nitrogens with one attached hydrogen (secondary N) is 2. The van der Waals surface area contributed by atoms with Crippen molar-refractivity contribution in [3.05, 3.63) is 29.5 Å². The van der Waals surface area contributed by atoms with Crippen LogP contribution in [0.4, 0.5) is 0 Å². The summed E-state index contributed by atoms with van der Waals surface area (Å²) >= 11 is 0. The van der Waals surface area contributed by atoms with E-state index >= 15 is 0 Å².